The summed E-state index contributed by atoms with van der Waals surface area (Å²) in [7, 11) is 5.77. The summed E-state index contributed by atoms with van der Waals surface area (Å²) >= 11 is 6.02. The van der Waals surface area contributed by atoms with E-state index in [0.717, 1.165) is 12.2 Å². The predicted molar refractivity (Wildman–Crippen MR) is 69.5 cm³/mol. The van der Waals surface area contributed by atoms with Crippen LogP contribution in [-0.2, 0) is 6.42 Å². The molecule has 0 saturated carbocycles. The Morgan fingerprint density at radius 2 is 2.06 bits per heavy atom. The molecule has 0 aliphatic rings. The van der Waals surface area contributed by atoms with Gasteiger partial charge in [0.15, 0.2) is 0 Å². The van der Waals surface area contributed by atoms with Gasteiger partial charge in [-0.05, 0) is 32.1 Å². The number of benzene rings is 1. The van der Waals surface area contributed by atoms with Crippen molar-refractivity contribution in [2.75, 3.05) is 27.1 Å². The normalized spacial score (nSPS) is 12.9. The third-order valence-electron chi connectivity index (χ3n) is 2.83. The molecule has 2 nitrogen and oxygen atoms in total. The van der Waals surface area contributed by atoms with Crippen LogP contribution in [0.25, 0.3) is 0 Å². The highest BCUT2D eigenvalue weighted by atomic mass is 35.5. The second-order valence-corrected chi connectivity index (χ2v) is 4.37. The van der Waals surface area contributed by atoms with Gasteiger partial charge in [-0.3, -0.25) is 0 Å². The monoisotopic (exact) mass is 241 g/mol. The van der Waals surface area contributed by atoms with E-state index in [0.29, 0.717) is 5.88 Å². The number of hydrogen-bond acceptors (Lipinski definition) is 2. The fraction of sp³-hybridized carbons (Fsp3) is 0.538. The van der Waals surface area contributed by atoms with Gasteiger partial charge in [-0.2, -0.15) is 0 Å². The lowest BCUT2D eigenvalue weighted by molar-refractivity contribution is 0.311. The lowest BCUT2D eigenvalue weighted by Crippen LogP contribution is -2.22. The highest BCUT2D eigenvalue weighted by molar-refractivity contribution is 6.18. The molecule has 0 aromatic heterocycles. The first-order chi connectivity index (χ1) is 7.63. The number of ether oxygens (including phenoxy) is 1. The van der Waals surface area contributed by atoms with E-state index >= 15 is 0 Å². The Balaban J connectivity index is 3.15. The fourth-order valence-electron chi connectivity index (χ4n) is 1.76. The van der Waals surface area contributed by atoms with E-state index in [1.165, 1.54) is 11.1 Å². The zero-order valence-corrected chi connectivity index (χ0v) is 11.2. The Bertz CT molecular complexity index is 339. The quantitative estimate of drug-likeness (QED) is 0.735. The maximum Gasteiger partial charge on any atom is 0.123 e. The van der Waals surface area contributed by atoms with E-state index in [2.05, 4.69) is 24.0 Å². The van der Waals surface area contributed by atoms with Crippen LogP contribution in [0.1, 0.15) is 24.1 Å². The van der Waals surface area contributed by atoms with Crippen molar-refractivity contribution in [1.29, 1.82) is 0 Å². The van der Waals surface area contributed by atoms with Crippen molar-refractivity contribution in [3.05, 3.63) is 29.3 Å². The maximum absolute atomic E-state index is 6.02. The van der Waals surface area contributed by atoms with Crippen molar-refractivity contribution in [1.82, 2.24) is 4.90 Å². The fourth-order valence-corrected chi connectivity index (χ4v) is 2.21. The number of halogens is 1. The lowest BCUT2D eigenvalue weighted by Gasteiger charge is -2.24. The highest BCUT2D eigenvalue weighted by Gasteiger charge is 2.17. The van der Waals surface area contributed by atoms with Gasteiger partial charge in [0, 0.05) is 11.4 Å². The Hall–Kier alpha value is -0.730. The molecule has 3 heteroatoms. The molecule has 1 aromatic rings. The minimum absolute atomic E-state index is 0.197. The summed E-state index contributed by atoms with van der Waals surface area (Å²) in [5.74, 6) is 1.48. The molecule has 1 rings (SSSR count). The van der Waals surface area contributed by atoms with Crippen LogP contribution in [0.5, 0.6) is 5.75 Å². The Morgan fingerprint density at radius 3 is 2.50 bits per heavy atom. The molecule has 0 saturated heterocycles. The van der Waals surface area contributed by atoms with Gasteiger partial charge in [-0.1, -0.05) is 19.1 Å². The number of rotatable bonds is 5. The van der Waals surface area contributed by atoms with Crippen molar-refractivity contribution in [2.24, 2.45) is 0 Å². The van der Waals surface area contributed by atoms with Crippen molar-refractivity contribution in [2.45, 2.75) is 19.4 Å². The van der Waals surface area contributed by atoms with Gasteiger partial charge in [-0.15, -0.1) is 11.6 Å². The zero-order chi connectivity index (χ0) is 12.1. The first kappa shape index (κ1) is 13.3. The van der Waals surface area contributed by atoms with Gasteiger partial charge >= 0.3 is 0 Å². The van der Waals surface area contributed by atoms with Crippen LogP contribution >= 0.6 is 11.6 Å². The van der Waals surface area contributed by atoms with Crippen molar-refractivity contribution in [3.8, 4) is 5.75 Å². The second kappa shape index (κ2) is 6.12. The molecule has 1 unspecified atom stereocenters. The van der Waals surface area contributed by atoms with Crippen molar-refractivity contribution >= 4 is 11.6 Å². The third-order valence-corrected chi connectivity index (χ3v) is 3.12. The number of nitrogens with zero attached hydrogens (tertiary/aromatic N) is 1. The molecule has 1 atom stereocenters. The lowest BCUT2D eigenvalue weighted by atomic mass is 10.0. The topological polar surface area (TPSA) is 12.5 Å². The van der Waals surface area contributed by atoms with Crippen LogP contribution < -0.4 is 4.74 Å². The highest BCUT2D eigenvalue weighted by Crippen LogP contribution is 2.30. The number of hydrogen-bond donors (Lipinski definition) is 0. The number of alkyl halides is 1. The molecule has 0 bridgehead atoms. The average Bonchev–Trinajstić information content (AvgIpc) is 2.29. The molecule has 1 aromatic carbocycles. The van der Waals surface area contributed by atoms with E-state index in [-0.39, 0.29) is 6.04 Å². The van der Waals surface area contributed by atoms with E-state index in [1.807, 2.05) is 20.2 Å². The van der Waals surface area contributed by atoms with Gasteiger partial charge in [-0.25, -0.2) is 0 Å². The minimum Gasteiger partial charge on any atom is -0.496 e. The zero-order valence-electron chi connectivity index (χ0n) is 10.5. The molecule has 0 aliphatic carbocycles. The van der Waals surface area contributed by atoms with Crippen LogP contribution in [0.2, 0.25) is 0 Å². The van der Waals surface area contributed by atoms with E-state index in [4.69, 9.17) is 16.3 Å². The summed E-state index contributed by atoms with van der Waals surface area (Å²) in [6.07, 6.45) is 1.03. The van der Waals surface area contributed by atoms with Crippen LogP contribution in [0.3, 0.4) is 0 Å². The van der Waals surface area contributed by atoms with Crippen LogP contribution in [-0.4, -0.2) is 32.0 Å². The SMILES string of the molecule is CCc1ccc(OC)c(C(CCl)N(C)C)c1. The molecule has 0 aliphatic heterocycles. The third kappa shape index (κ3) is 2.89. The standard InChI is InChI=1S/C13H20ClNO/c1-5-10-6-7-13(16-4)11(8-10)12(9-14)15(2)3/h6-8,12H,5,9H2,1-4H3. The summed E-state index contributed by atoms with van der Waals surface area (Å²) in [4.78, 5) is 2.12. The van der Waals surface area contributed by atoms with Crippen LogP contribution in [0, 0.1) is 0 Å². The summed E-state index contributed by atoms with van der Waals surface area (Å²) in [5.41, 5.74) is 2.48. The van der Waals surface area contributed by atoms with E-state index in [9.17, 15) is 0 Å². The second-order valence-electron chi connectivity index (χ2n) is 4.06. The molecule has 90 valence electrons. The summed E-state index contributed by atoms with van der Waals surface area (Å²) in [5, 5.41) is 0. The van der Waals surface area contributed by atoms with E-state index in [1.54, 1.807) is 7.11 Å². The number of methoxy groups -OCH3 is 1. The van der Waals surface area contributed by atoms with Gasteiger partial charge in [0.25, 0.3) is 0 Å². The molecule has 0 radical (unpaired) electrons. The Kier molecular flexibility index (Phi) is 5.10. The molecular weight excluding hydrogens is 222 g/mol. The molecule has 16 heavy (non-hydrogen) atoms. The molecule has 0 amide bonds. The first-order valence-electron chi connectivity index (χ1n) is 5.53. The number of aryl methyl sites for hydroxylation is 1. The van der Waals surface area contributed by atoms with Gasteiger partial charge in [0.1, 0.15) is 5.75 Å². The first-order valence-corrected chi connectivity index (χ1v) is 6.06. The summed E-state index contributed by atoms with van der Waals surface area (Å²) < 4.78 is 5.39. The van der Waals surface area contributed by atoms with Crippen molar-refractivity contribution in [3.63, 3.8) is 0 Å². The van der Waals surface area contributed by atoms with Crippen molar-refractivity contribution < 1.29 is 4.74 Å². The maximum atomic E-state index is 6.02. The average molecular weight is 242 g/mol. The smallest absolute Gasteiger partial charge is 0.123 e. The van der Waals surface area contributed by atoms with Gasteiger partial charge < -0.3 is 9.64 Å². The Labute approximate surface area is 103 Å². The largest absolute Gasteiger partial charge is 0.496 e. The van der Waals surface area contributed by atoms with Crippen LogP contribution in [0.4, 0.5) is 0 Å². The minimum atomic E-state index is 0.197. The molecule has 0 spiro atoms. The van der Waals surface area contributed by atoms with Crippen LogP contribution in [0.15, 0.2) is 18.2 Å². The predicted octanol–water partition coefficient (Wildman–Crippen LogP) is 3.10. The molecule has 0 heterocycles. The van der Waals surface area contributed by atoms with Gasteiger partial charge in [0.2, 0.25) is 0 Å². The van der Waals surface area contributed by atoms with E-state index < -0.39 is 0 Å². The molecule has 0 fully saturated rings. The summed E-state index contributed by atoms with van der Waals surface area (Å²) in [6, 6.07) is 6.51. The molecule has 0 N–H and O–H groups in total. The molecular formula is C13H20ClNO. The van der Waals surface area contributed by atoms with Gasteiger partial charge in [0.05, 0.1) is 13.2 Å². The summed E-state index contributed by atoms with van der Waals surface area (Å²) in [6.45, 7) is 2.15. The Morgan fingerprint density at radius 1 is 1.38 bits per heavy atom.